The van der Waals surface area contributed by atoms with Crippen molar-refractivity contribution in [2.24, 2.45) is 5.73 Å². The van der Waals surface area contributed by atoms with E-state index in [-0.39, 0.29) is 23.7 Å². The Hall–Kier alpha value is -1.95. The van der Waals surface area contributed by atoms with Crippen LogP contribution in [0.5, 0.6) is 17.2 Å². The van der Waals surface area contributed by atoms with Crippen LogP contribution in [0.4, 0.5) is 0 Å². The molecule has 23 heavy (non-hydrogen) atoms. The molecule has 7 heteroatoms. The number of rotatable bonds is 3. The van der Waals surface area contributed by atoms with Gasteiger partial charge in [-0.3, -0.25) is 4.79 Å². The van der Waals surface area contributed by atoms with Crippen molar-refractivity contribution in [3.63, 3.8) is 0 Å². The Morgan fingerprint density at radius 3 is 2.57 bits per heavy atom. The highest BCUT2D eigenvalue weighted by Gasteiger charge is 2.12. The number of halogens is 2. The Morgan fingerprint density at radius 1 is 1.17 bits per heavy atom. The number of fused-ring (bicyclic) bond motifs is 1. The van der Waals surface area contributed by atoms with Gasteiger partial charge in [0.05, 0.1) is 5.56 Å². The van der Waals surface area contributed by atoms with Crippen molar-refractivity contribution in [3.8, 4) is 17.2 Å². The lowest BCUT2D eigenvalue weighted by Crippen LogP contribution is -2.02. The number of aldehydes is 1. The number of aromatic hydroxyl groups is 1. The van der Waals surface area contributed by atoms with Crippen LogP contribution in [0, 0.1) is 0 Å². The van der Waals surface area contributed by atoms with Gasteiger partial charge in [0.25, 0.3) is 0 Å². The lowest BCUT2D eigenvalue weighted by atomic mass is 10.1. The Morgan fingerprint density at radius 2 is 1.91 bits per heavy atom. The molecule has 2 aromatic carbocycles. The molecule has 0 saturated heterocycles. The summed E-state index contributed by atoms with van der Waals surface area (Å²) in [7, 11) is 0. The number of benzene rings is 2. The first-order chi connectivity index (χ1) is 10.6. The molecule has 2 aromatic rings. The molecule has 0 radical (unpaired) electrons. The van der Waals surface area contributed by atoms with E-state index in [9.17, 15) is 4.79 Å². The molecule has 0 amide bonds. The van der Waals surface area contributed by atoms with Crippen LogP contribution in [0.15, 0.2) is 36.4 Å². The predicted octanol–water partition coefficient (Wildman–Crippen LogP) is 3.20. The van der Waals surface area contributed by atoms with E-state index in [1.807, 2.05) is 18.2 Å². The maximum absolute atomic E-state index is 10.2. The van der Waals surface area contributed by atoms with Crippen molar-refractivity contribution >= 4 is 30.3 Å². The smallest absolute Gasteiger partial charge is 0.231 e. The Bertz CT molecular complexity index is 665. The highest BCUT2D eigenvalue weighted by Crippen LogP contribution is 2.32. The second-order valence-electron chi connectivity index (χ2n) is 4.55. The van der Waals surface area contributed by atoms with E-state index < -0.39 is 0 Å². The Labute approximate surface area is 145 Å². The molecular weight excluding hydrogens is 341 g/mol. The summed E-state index contributed by atoms with van der Waals surface area (Å²) in [4.78, 5) is 10.2. The first-order valence-corrected chi connectivity index (χ1v) is 7.04. The molecule has 0 bridgehead atoms. The molecule has 1 heterocycles. The summed E-state index contributed by atoms with van der Waals surface area (Å²) in [6.07, 6.45) is 1.44. The molecule has 1 aliphatic rings. The van der Waals surface area contributed by atoms with E-state index in [1.165, 1.54) is 23.8 Å². The van der Waals surface area contributed by atoms with Gasteiger partial charge in [-0.15, -0.1) is 12.4 Å². The first-order valence-electron chi connectivity index (χ1n) is 6.66. The number of phenols is 1. The van der Waals surface area contributed by atoms with Crippen LogP contribution in [0.3, 0.4) is 0 Å². The lowest BCUT2D eigenvalue weighted by molar-refractivity contribution is 0.112. The summed E-state index contributed by atoms with van der Waals surface area (Å²) in [6.45, 7) is 1.00. The number of phenolic OH excluding ortho intramolecular Hbond substituents is 1. The standard InChI is InChI=1S/C9H11NO2.C7H5ClO2.ClH/c10-4-3-7-1-2-8-9(5-7)12-6-11-8;8-6-1-2-7(10)5(3-6)4-9;/h1-2,5H,3-4,6,10H2;1-4,10H;1H. The molecular formula is C16H17Cl2NO4. The predicted molar refractivity (Wildman–Crippen MR) is 91.1 cm³/mol. The van der Waals surface area contributed by atoms with Gasteiger partial charge in [-0.2, -0.15) is 0 Å². The summed E-state index contributed by atoms with van der Waals surface area (Å²) < 4.78 is 10.4. The maximum atomic E-state index is 10.2. The number of hydrogen-bond acceptors (Lipinski definition) is 5. The molecule has 0 spiro atoms. The van der Waals surface area contributed by atoms with Crippen LogP contribution in [0.2, 0.25) is 5.02 Å². The fraction of sp³-hybridized carbons (Fsp3) is 0.188. The topological polar surface area (TPSA) is 81.8 Å². The van der Waals surface area contributed by atoms with E-state index in [1.54, 1.807) is 0 Å². The van der Waals surface area contributed by atoms with Gasteiger partial charge in [0.2, 0.25) is 6.79 Å². The zero-order valence-electron chi connectivity index (χ0n) is 12.2. The van der Waals surface area contributed by atoms with Gasteiger partial charge in [-0.1, -0.05) is 17.7 Å². The normalized spacial score (nSPS) is 11.0. The van der Waals surface area contributed by atoms with Crippen LogP contribution in [-0.2, 0) is 6.42 Å². The second-order valence-corrected chi connectivity index (χ2v) is 4.98. The second kappa shape index (κ2) is 9.25. The largest absolute Gasteiger partial charge is 0.507 e. The van der Waals surface area contributed by atoms with Crippen LogP contribution in [0.25, 0.3) is 0 Å². The van der Waals surface area contributed by atoms with E-state index in [2.05, 4.69) is 0 Å². The first kappa shape index (κ1) is 19.1. The van der Waals surface area contributed by atoms with Gasteiger partial charge in [-0.25, -0.2) is 0 Å². The number of hydrogen-bond donors (Lipinski definition) is 2. The third-order valence-electron chi connectivity index (χ3n) is 2.99. The van der Waals surface area contributed by atoms with Crippen molar-refractivity contribution in [1.29, 1.82) is 0 Å². The number of ether oxygens (including phenoxy) is 2. The van der Waals surface area contributed by atoms with Crippen molar-refractivity contribution < 1.29 is 19.4 Å². The zero-order valence-corrected chi connectivity index (χ0v) is 13.8. The van der Waals surface area contributed by atoms with Crippen molar-refractivity contribution in [1.82, 2.24) is 0 Å². The average molecular weight is 358 g/mol. The summed E-state index contributed by atoms with van der Waals surface area (Å²) in [5.41, 5.74) is 6.85. The molecule has 0 unspecified atom stereocenters. The quantitative estimate of drug-likeness (QED) is 0.824. The third kappa shape index (κ3) is 5.32. The van der Waals surface area contributed by atoms with Crippen molar-refractivity contribution in [3.05, 3.63) is 52.5 Å². The molecule has 0 atom stereocenters. The Balaban J connectivity index is 0.000000224. The monoisotopic (exact) mass is 357 g/mol. The molecule has 5 nitrogen and oxygen atoms in total. The maximum Gasteiger partial charge on any atom is 0.231 e. The van der Waals surface area contributed by atoms with Crippen LogP contribution in [0.1, 0.15) is 15.9 Å². The van der Waals surface area contributed by atoms with Gasteiger partial charge < -0.3 is 20.3 Å². The molecule has 0 aromatic heterocycles. The molecule has 0 fully saturated rings. The van der Waals surface area contributed by atoms with Crippen LogP contribution < -0.4 is 15.2 Å². The summed E-state index contributed by atoms with van der Waals surface area (Å²) in [5, 5.41) is 9.39. The van der Waals surface area contributed by atoms with E-state index >= 15 is 0 Å². The van der Waals surface area contributed by atoms with Gasteiger partial charge in [-0.05, 0) is 48.9 Å². The van der Waals surface area contributed by atoms with E-state index in [4.69, 9.17) is 31.9 Å². The lowest BCUT2D eigenvalue weighted by Gasteiger charge is -1.99. The molecule has 1 aliphatic heterocycles. The van der Waals surface area contributed by atoms with Crippen LogP contribution in [-0.4, -0.2) is 24.7 Å². The minimum atomic E-state index is -0.0422. The van der Waals surface area contributed by atoms with Gasteiger partial charge in [0.1, 0.15) is 5.75 Å². The molecule has 124 valence electrons. The van der Waals surface area contributed by atoms with Gasteiger partial charge in [0.15, 0.2) is 17.8 Å². The Kier molecular flexibility index (Phi) is 7.68. The SMILES string of the molecule is Cl.NCCc1ccc2c(c1)OCO2.O=Cc1cc(Cl)ccc1O. The highest BCUT2D eigenvalue weighted by atomic mass is 35.5. The molecule has 3 rings (SSSR count). The highest BCUT2D eigenvalue weighted by molar-refractivity contribution is 6.30. The van der Waals surface area contributed by atoms with E-state index in [0.717, 1.165) is 17.9 Å². The molecule has 0 aliphatic carbocycles. The van der Waals surface area contributed by atoms with Crippen molar-refractivity contribution in [2.75, 3.05) is 13.3 Å². The van der Waals surface area contributed by atoms with Gasteiger partial charge in [0, 0.05) is 5.02 Å². The summed E-state index contributed by atoms with van der Waals surface area (Å²) in [5.74, 6) is 1.62. The molecule has 0 saturated carbocycles. The summed E-state index contributed by atoms with van der Waals surface area (Å²) >= 11 is 5.53. The summed E-state index contributed by atoms with van der Waals surface area (Å²) in [6, 6.07) is 10.2. The number of carbonyl (C=O) groups is 1. The minimum absolute atomic E-state index is 0. The third-order valence-corrected chi connectivity index (χ3v) is 3.22. The number of carbonyl (C=O) groups excluding carboxylic acids is 1. The fourth-order valence-corrected chi connectivity index (χ4v) is 2.06. The average Bonchev–Trinajstić information content (AvgIpc) is 2.98. The fourth-order valence-electron chi connectivity index (χ4n) is 1.88. The van der Waals surface area contributed by atoms with Crippen molar-refractivity contribution in [2.45, 2.75) is 6.42 Å². The van der Waals surface area contributed by atoms with E-state index in [0.29, 0.717) is 24.6 Å². The zero-order chi connectivity index (χ0) is 15.9. The number of nitrogens with two attached hydrogens (primary N) is 1. The molecule has 3 N–H and O–H groups in total. The van der Waals surface area contributed by atoms with Gasteiger partial charge >= 0.3 is 0 Å². The van der Waals surface area contributed by atoms with Crippen LogP contribution >= 0.6 is 24.0 Å². The minimum Gasteiger partial charge on any atom is -0.507 e.